The highest BCUT2D eigenvalue weighted by Gasteiger charge is 2.09. The Balaban J connectivity index is 2.08. The first kappa shape index (κ1) is 13.9. The van der Waals surface area contributed by atoms with Gasteiger partial charge in [0.25, 0.3) is 0 Å². The summed E-state index contributed by atoms with van der Waals surface area (Å²) in [6, 6.07) is 12.3. The van der Waals surface area contributed by atoms with Crippen LogP contribution in [0.5, 0.6) is 11.5 Å². The summed E-state index contributed by atoms with van der Waals surface area (Å²) in [5.74, 6) is 1.29. The van der Waals surface area contributed by atoms with Crippen LogP contribution in [-0.2, 0) is 7.05 Å². The van der Waals surface area contributed by atoms with Crippen LogP contribution >= 0.6 is 0 Å². The largest absolute Gasteiger partial charge is 0.455 e. The first-order valence-electron chi connectivity index (χ1n) is 6.78. The zero-order valence-corrected chi connectivity index (χ0v) is 12.1. The summed E-state index contributed by atoms with van der Waals surface area (Å²) in [7, 11) is 1.71. The zero-order chi connectivity index (χ0) is 15.5. The number of rotatable bonds is 3. The summed E-state index contributed by atoms with van der Waals surface area (Å²) in [4.78, 5) is 15.6. The predicted octanol–water partition coefficient (Wildman–Crippen LogP) is 2.82. The third-order valence-electron chi connectivity index (χ3n) is 3.26. The summed E-state index contributed by atoms with van der Waals surface area (Å²) in [5, 5.41) is 0. The lowest BCUT2D eigenvalue weighted by Crippen LogP contribution is -2.14. The third-order valence-corrected chi connectivity index (χ3v) is 3.26. The topological polar surface area (TPSA) is 70.1 Å². The van der Waals surface area contributed by atoms with Crippen molar-refractivity contribution < 1.29 is 4.74 Å². The molecule has 2 N–H and O–H groups in total. The SMILES string of the molecule is Cn1cc(-c2cc(N)ccc2Oc2cccnc2)ccc1=O. The maximum atomic E-state index is 11.5. The van der Waals surface area contributed by atoms with E-state index in [2.05, 4.69) is 4.98 Å². The Morgan fingerprint density at radius 2 is 2.05 bits per heavy atom. The average Bonchev–Trinajstić information content (AvgIpc) is 2.53. The summed E-state index contributed by atoms with van der Waals surface area (Å²) in [6.07, 6.45) is 5.08. The van der Waals surface area contributed by atoms with Crippen molar-refractivity contribution in [2.75, 3.05) is 5.73 Å². The minimum atomic E-state index is -0.0672. The number of benzene rings is 1. The van der Waals surface area contributed by atoms with Gasteiger partial charge in [0.2, 0.25) is 5.56 Å². The van der Waals surface area contributed by atoms with Gasteiger partial charge in [-0.25, -0.2) is 0 Å². The minimum absolute atomic E-state index is 0.0672. The first-order chi connectivity index (χ1) is 10.6. The van der Waals surface area contributed by atoms with Crippen LogP contribution in [0.2, 0.25) is 0 Å². The molecule has 110 valence electrons. The molecule has 0 saturated carbocycles. The molecule has 0 spiro atoms. The van der Waals surface area contributed by atoms with Crippen LogP contribution in [0.1, 0.15) is 0 Å². The Labute approximate surface area is 127 Å². The van der Waals surface area contributed by atoms with Gasteiger partial charge in [-0.15, -0.1) is 0 Å². The molecule has 1 aromatic carbocycles. The molecule has 0 bridgehead atoms. The van der Waals surface area contributed by atoms with Crippen molar-refractivity contribution in [2.24, 2.45) is 7.05 Å². The van der Waals surface area contributed by atoms with Crippen molar-refractivity contribution in [3.8, 4) is 22.6 Å². The van der Waals surface area contributed by atoms with Crippen LogP contribution in [0.4, 0.5) is 5.69 Å². The van der Waals surface area contributed by atoms with Crippen LogP contribution < -0.4 is 16.0 Å². The van der Waals surface area contributed by atoms with E-state index < -0.39 is 0 Å². The van der Waals surface area contributed by atoms with Gasteiger partial charge < -0.3 is 15.0 Å². The van der Waals surface area contributed by atoms with E-state index in [9.17, 15) is 4.79 Å². The molecule has 2 aromatic heterocycles. The Morgan fingerprint density at radius 3 is 2.77 bits per heavy atom. The quantitative estimate of drug-likeness (QED) is 0.754. The highest BCUT2D eigenvalue weighted by Crippen LogP contribution is 2.34. The zero-order valence-electron chi connectivity index (χ0n) is 12.1. The monoisotopic (exact) mass is 293 g/mol. The maximum absolute atomic E-state index is 11.5. The third kappa shape index (κ3) is 2.83. The van der Waals surface area contributed by atoms with Crippen LogP contribution in [0, 0.1) is 0 Å². The summed E-state index contributed by atoms with van der Waals surface area (Å²) >= 11 is 0. The van der Waals surface area contributed by atoms with Crippen molar-refractivity contribution in [1.29, 1.82) is 0 Å². The molecule has 0 atom stereocenters. The highest BCUT2D eigenvalue weighted by atomic mass is 16.5. The number of nitrogens with two attached hydrogens (primary N) is 1. The normalized spacial score (nSPS) is 10.4. The molecule has 5 heteroatoms. The number of anilines is 1. The molecule has 0 fully saturated rings. The number of hydrogen-bond donors (Lipinski definition) is 1. The molecule has 0 unspecified atom stereocenters. The van der Waals surface area contributed by atoms with Gasteiger partial charge in [0.05, 0.1) is 6.20 Å². The predicted molar refractivity (Wildman–Crippen MR) is 85.8 cm³/mol. The van der Waals surface area contributed by atoms with Gasteiger partial charge in [0.1, 0.15) is 11.5 Å². The minimum Gasteiger partial charge on any atom is -0.455 e. The second-order valence-corrected chi connectivity index (χ2v) is 4.91. The van der Waals surface area contributed by atoms with Crippen LogP contribution in [0.25, 0.3) is 11.1 Å². The van der Waals surface area contributed by atoms with Gasteiger partial charge in [0, 0.05) is 42.3 Å². The Morgan fingerprint density at radius 1 is 1.18 bits per heavy atom. The maximum Gasteiger partial charge on any atom is 0.250 e. The van der Waals surface area contributed by atoms with Gasteiger partial charge in [-0.1, -0.05) is 0 Å². The molecule has 3 rings (SSSR count). The van der Waals surface area contributed by atoms with Crippen LogP contribution in [0.3, 0.4) is 0 Å². The molecule has 22 heavy (non-hydrogen) atoms. The summed E-state index contributed by atoms with van der Waals surface area (Å²) in [5.41, 5.74) is 8.12. The fourth-order valence-electron chi connectivity index (χ4n) is 2.15. The Kier molecular flexibility index (Phi) is 3.62. The van der Waals surface area contributed by atoms with Crippen molar-refractivity contribution in [3.05, 3.63) is 71.4 Å². The Hall–Kier alpha value is -3.08. The molecule has 0 aliphatic carbocycles. The molecule has 0 amide bonds. The molecule has 0 aliphatic rings. The molecule has 0 radical (unpaired) electrons. The fourth-order valence-corrected chi connectivity index (χ4v) is 2.15. The lowest BCUT2D eigenvalue weighted by atomic mass is 10.1. The Bertz CT molecular complexity index is 857. The van der Waals surface area contributed by atoms with Crippen molar-refractivity contribution in [3.63, 3.8) is 0 Å². The smallest absolute Gasteiger partial charge is 0.250 e. The van der Waals surface area contributed by atoms with Gasteiger partial charge >= 0.3 is 0 Å². The number of nitrogens with zero attached hydrogens (tertiary/aromatic N) is 2. The number of aromatic nitrogens is 2. The lowest BCUT2D eigenvalue weighted by Gasteiger charge is -2.12. The van der Waals surface area contributed by atoms with E-state index in [1.807, 2.05) is 18.2 Å². The van der Waals surface area contributed by atoms with Crippen molar-refractivity contribution in [2.45, 2.75) is 0 Å². The summed E-state index contributed by atoms with van der Waals surface area (Å²) in [6.45, 7) is 0. The van der Waals surface area contributed by atoms with E-state index in [1.54, 1.807) is 43.8 Å². The van der Waals surface area contributed by atoms with E-state index in [4.69, 9.17) is 10.5 Å². The van der Waals surface area contributed by atoms with E-state index in [0.29, 0.717) is 17.2 Å². The second kappa shape index (κ2) is 5.73. The molecule has 0 aliphatic heterocycles. The number of ether oxygens (including phenoxy) is 1. The van der Waals surface area contributed by atoms with Crippen molar-refractivity contribution in [1.82, 2.24) is 9.55 Å². The summed E-state index contributed by atoms with van der Waals surface area (Å²) < 4.78 is 7.40. The number of hydrogen-bond acceptors (Lipinski definition) is 4. The molecular formula is C17H15N3O2. The molecule has 5 nitrogen and oxygen atoms in total. The van der Waals surface area contributed by atoms with Gasteiger partial charge in [-0.05, 0) is 36.4 Å². The van der Waals surface area contributed by atoms with Gasteiger partial charge in [0.15, 0.2) is 0 Å². The van der Waals surface area contributed by atoms with E-state index in [1.165, 1.54) is 10.6 Å². The molecule has 2 heterocycles. The number of pyridine rings is 2. The standard InChI is InChI=1S/C17H15N3O2/c1-20-11-12(4-7-17(20)21)15-9-13(18)5-6-16(15)22-14-3-2-8-19-10-14/h2-11H,18H2,1H3. The van der Waals surface area contributed by atoms with E-state index in [0.717, 1.165) is 11.1 Å². The lowest BCUT2D eigenvalue weighted by molar-refractivity contribution is 0.482. The number of aryl methyl sites for hydroxylation is 1. The van der Waals surface area contributed by atoms with Gasteiger partial charge in [-0.3, -0.25) is 9.78 Å². The molecule has 3 aromatic rings. The van der Waals surface area contributed by atoms with Crippen LogP contribution in [-0.4, -0.2) is 9.55 Å². The second-order valence-electron chi connectivity index (χ2n) is 4.91. The van der Waals surface area contributed by atoms with Crippen LogP contribution in [0.15, 0.2) is 65.8 Å². The first-order valence-corrected chi connectivity index (χ1v) is 6.78. The molecular weight excluding hydrogens is 278 g/mol. The van der Waals surface area contributed by atoms with E-state index >= 15 is 0 Å². The fraction of sp³-hybridized carbons (Fsp3) is 0.0588. The highest BCUT2D eigenvalue weighted by molar-refractivity contribution is 5.73. The number of nitrogen functional groups attached to an aromatic ring is 1. The van der Waals surface area contributed by atoms with Crippen molar-refractivity contribution >= 4 is 5.69 Å². The average molecular weight is 293 g/mol. The molecule has 0 saturated heterocycles. The van der Waals surface area contributed by atoms with E-state index in [-0.39, 0.29) is 5.56 Å². The van der Waals surface area contributed by atoms with Gasteiger partial charge in [-0.2, -0.15) is 0 Å².